The standard InChI is InChI=1S/C14H22N2O2S/c1-14(2,3)18-13(17)16-7-6-10(9-16)12(15)11-5-4-8-19-11/h4-5,8,10,12H,6-7,9,15H2,1-3H3. The van der Waals surface area contributed by atoms with Crippen molar-refractivity contribution in [3.8, 4) is 0 Å². The number of nitrogens with zero attached hydrogens (tertiary/aromatic N) is 1. The topological polar surface area (TPSA) is 55.6 Å². The summed E-state index contributed by atoms with van der Waals surface area (Å²) in [5.41, 5.74) is 5.83. The second-order valence-corrected chi connectivity index (χ2v) is 7.00. The molecule has 4 nitrogen and oxygen atoms in total. The fraction of sp³-hybridized carbons (Fsp3) is 0.643. The van der Waals surface area contributed by atoms with Crippen LogP contribution in [0.1, 0.15) is 38.1 Å². The van der Waals surface area contributed by atoms with Gasteiger partial charge in [-0.3, -0.25) is 0 Å². The highest BCUT2D eigenvalue weighted by Crippen LogP contribution is 2.31. The zero-order valence-corrected chi connectivity index (χ0v) is 12.6. The van der Waals surface area contributed by atoms with Crippen molar-refractivity contribution in [3.63, 3.8) is 0 Å². The van der Waals surface area contributed by atoms with E-state index in [2.05, 4.69) is 6.07 Å². The number of hydrogen-bond acceptors (Lipinski definition) is 4. The van der Waals surface area contributed by atoms with Crippen LogP contribution in [0.2, 0.25) is 0 Å². The summed E-state index contributed by atoms with van der Waals surface area (Å²) < 4.78 is 5.39. The van der Waals surface area contributed by atoms with E-state index >= 15 is 0 Å². The quantitative estimate of drug-likeness (QED) is 0.907. The van der Waals surface area contributed by atoms with Crippen LogP contribution in [0.5, 0.6) is 0 Å². The molecule has 1 amide bonds. The maximum Gasteiger partial charge on any atom is 0.410 e. The zero-order valence-electron chi connectivity index (χ0n) is 11.8. The van der Waals surface area contributed by atoms with E-state index in [0.29, 0.717) is 12.5 Å². The molecule has 1 aliphatic rings. The zero-order chi connectivity index (χ0) is 14.0. The second-order valence-electron chi connectivity index (χ2n) is 6.02. The van der Waals surface area contributed by atoms with E-state index in [1.807, 2.05) is 32.2 Å². The molecule has 1 aromatic heterocycles. The molecule has 1 fully saturated rings. The normalized spacial score (nSPS) is 21.5. The van der Waals surface area contributed by atoms with Crippen molar-refractivity contribution < 1.29 is 9.53 Å². The van der Waals surface area contributed by atoms with Gasteiger partial charge in [0.2, 0.25) is 0 Å². The van der Waals surface area contributed by atoms with Crippen LogP contribution in [0.4, 0.5) is 4.79 Å². The number of thiophene rings is 1. The highest BCUT2D eigenvalue weighted by atomic mass is 32.1. The number of amides is 1. The predicted octanol–water partition coefficient (Wildman–Crippen LogP) is 3.00. The summed E-state index contributed by atoms with van der Waals surface area (Å²) in [4.78, 5) is 14.9. The van der Waals surface area contributed by atoms with Gasteiger partial charge in [0.1, 0.15) is 5.60 Å². The van der Waals surface area contributed by atoms with Crippen LogP contribution in [0.3, 0.4) is 0 Å². The summed E-state index contributed by atoms with van der Waals surface area (Å²) in [5.74, 6) is 0.325. The predicted molar refractivity (Wildman–Crippen MR) is 77.2 cm³/mol. The summed E-state index contributed by atoms with van der Waals surface area (Å²) >= 11 is 1.68. The van der Waals surface area contributed by atoms with Crippen LogP contribution in [0, 0.1) is 5.92 Å². The Morgan fingerprint density at radius 2 is 2.32 bits per heavy atom. The van der Waals surface area contributed by atoms with Gasteiger partial charge in [-0.15, -0.1) is 11.3 Å². The van der Waals surface area contributed by atoms with Crippen LogP contribution < -0.4 is 5.73 Å². The fourth-order valence-corrected chi connectivity index (χ4v) is 3.11. The lowest BCUT2D eigenvalue weighted by molar-refractivity contribution is 0.0286. The summed E-state index contributed by atoms with van der Waals surface area (Å²) in [6, 6.07) is 4.10. The van der Waals surface area contributed by atoms with Crippen molar-refractivity contribution in [2.24, 2.45) is 11.7 Å². The molecule has 0 saturated carbocycles. The van der Waals surface area contributed by atoms with E-state index in [-0.39, 0.29) is 12.1 Å². The number of rotatable bonds is 2. The van der Waals surface area contributed by atoms with Gasteiger partial charge in [-0.1, -0.05) is 6.07 Å². The van der Waals surface area contributed by atoms with Crippen molar-refractivity contribution in [2.75, 3.05) is 13.1 Å². The Labute approximate surface area is 118 Å². The number of nitrogens with two attached hydrogens (primary N) is 1. The number of carbonyl (C=O) groups excluding carboxylic acids is 1. The molecule has 0 bridgehead atoms. The van der Waals surface area contributed by atoms with E-state index in [1.54, 1.807) is 16.2 Å². The average Bonchev–Trinajstić information content (AvgIpc) is 2.98. The number of likely N-dealkylation sites (tertiary alicyclic amines) is 1. The number of hydrogen-bond donors (Lipinski definition) is 1. The maximum atomic E-state index is 12.0. The van der Waals surface area contributed by atoms with Gasteiger partial charge in [0.15, 0.2) is 0 Å². The highest BCUT2D eigenvalue weighted by Gasteiger charge is 2.33. The number of carbonyl (C=O) groups is 1. The van der Waals surface area contributed by atoms with Gasteiger partial charge < -0.3 is 15.4 Å². The van der Waals surface area contributed by atoms with Crippen LogP contribution in [0.15, 0.2) is 17.5 Å². The molecular weight excluding hydrogens is 260 g/mol. The molecule has 2 heterocycles. The molecule has 2 unspecified atom stereocenters. The third-order valence-corrected chi connectivity index (χ3v) is 4.23. The first-order chi connectivity index (χ1) is 8.87. The Kier molecular flexibility index (Phi) is 4.16. The summed E-state index contributed by atoms with van der Waals surface area (Å²) in [6.45, 7) is 7.08. The first-order valence-electron chi connectivity index (χ1n) is 6.64. The fourth-order valence-electron chi connectivity index (χ4n) is 2.29. The summed E-state index contributed by atoms with van der Waals surface area (Å²) in [7, 11) is 0. The monoisotopic (exact) mass is 282 g/mol. The second kappa shape index (κ2) is 5.51. The molecule has 2 rings (SSSR count). The molecule has 2 atom stereocenters. The molecule has 0 aromatic carbocycles. The Morgan fingerprint density at radius 3 is 2.89 bits per heavy atom. The lowest BCUT2D eigenvalue weighted by Gasteiger charge is -2.25. The highest BCUT2D eigenvalue weighted by molar-refractivity contribution is 7.10. The minimum Gasteiger partial charge on any atom is -0.444 e. The molecule has 1 saturated heterocycles. The van der Waals surface area contributed by atoms with Gasteiger partial charge in [-0.25, -0.2) is 4.79 Å². The van der Waals surface area contributed by atoms with Crippen LogP contribution in [-0.2, 0) is 4.74 Å². The third kappa shape index (κ3) is 3.70. The van der Waals surface area contributed by atoms with Crippen molar-refractivity contribution in [1.29, 1.82) is 0 Å². The van der Waals surface area contributed by atoms with E-state index in [0.717, 1.165) is 13.0 Å². The van der Waals surface area contributed by atoms with Crippen molar-refractivity contribution in [1.82, 2.24) is 4.90 Å². The van der Waals surface area contributed by atoms with Gasteiger partial charge >= 0.3 is 6.09 Å². The molecule has 0 aliphatic carbocycles. The lowest BCUT2D eigenvalue weighted by Crippen LogP contribution is -2.36. The molecule has 19 heavy (non-hydrogen) atoms. The Morgan fingerprint density at radius 1 is 1.58 bits per heavy atom. The molecule has 1 aliphatic heterocycles. The lowest BCUT2D eigenvalue weighted by atomic mass is 9.99. The van der Waals surface area contributed by atoms with E-state index in [4.69, 9.17) is 10.5 Å². The first kappa shape index (κ1) is 14.3. The van der Waals surface area contributed by atoms with E-state index in [9.17, 15) is 4.79 Å². The molecule has 2 N–H and O–H groups in total. The molecule has 106 valence electrons. The van der Waals surface area contributed by atoms with Crippen molar-refractivity contribution >= 4 is 17.4 Å². The first-order valence-corrected chi connectivity index (χ1v) is 7.52. The van der Waals surface area contributed by atoms with Gasteiger partial charge in [0, 0.05) is 24.0 Å². The molecule has 0 radical (unpaired) electrons. The van der Waals surface area contributed by atoms with Gasteiger partial charge in [-0.2, -0.15) is 0 Å². The molecular formula is C14H22N2O2S. The van der Waals surface area contributed by atoms with Crippen LogP contribution in [-0.4, -0.2) is 29.7 Å². The Balaban J connectivity index is 1.91. The smallest absolute Gasteiger partial charge is 0.410 e. The van der Waals surface area contributed by atoms with Crippen LogP contribution in [0.25, 0.3) is 0 Å². The molecule has 0 spiro atoms. The maximum absolute atomic E-state index is 12.0. The minimum absolute atomic E-state index is 0.0208. The van der Waals surface area contributed by atoms with Gasteiger partial charge in [0.05, 0.1) is 0 Å². The average molecular weight is 282 g/mol. The Bertz CT molecular complexity index is 425. The van der Waals surface area contributed by atoms with Crippen molar-refractivity contribution in [3.05, 3.63) is 22.4 Å². The SMILES string of the molecule is CC(C)(C)OC(=O)N1CCC(C(N)c2cccs2)C1. The van der Waals surface area contributed by atoms with Gasteiger partial charge in [-0.05, 0) is 44.6 Å². The minimum atomic E-state index is -0.439. The summed E-state index contributed by atoms with van der Waals surface area (Å²) in [6.07, 6.45) is 0.714. The van der Waals surface area contributed by atoms with E-state index < -0.39 is 5.60 Å². The summed E-state index contributed by atoms with van der Waals surface area (Å²) in [5, 5.41) is 2.04. The molecule has 1 aromatic rings. The largest absolute Gasteiger partial charge is 0.444 e. The third-order valence-electron chi connectivity index (χ3n) is 3.26. The van der Waals surface area contributed by atoms with E-state index in [1.165, 1.54) is 4.88 Å². The Hall–Kier alpha value is -1.07. The van der Waals surface area contributed by atoms with Gasteiger partial charge in [0.25, 0.3) is 0 Å². The van der Waals surface area contributed by atoms with Crippen molar-refractivity contribution in [2.45, 2.75) is 38.8 Å². The number of ether oxygens (including phenoxy) is 1. The van der Waals surface area contributed by atoms with Crippen LogP contribution >= 0.6 is 11.3 Å². The molecule has 5 heteroatoms.